The largest absolute Gasteiger partial charge is 0.499 e. The minimum atomic E-state index is 0. The number of furan rings is 1. The van der Waals surface area contributed by atoms with Gasteiger partial charge in [0.15, 0.2) is 0 Å². The van der Waals surface area contributed by atoms with Crippen LogP contribution in [0.15, 0.2) is 114 Å². The zero-order valence-corrected chi connectivity index (χ0v) is 24.9. The number of hydrogen-bond acceptors (Lipinski definition) is 2. The number of nitrogens with zero attached hydrogens (tertiary/aromatic N) is 3. The molecule has 1 aliphatic heterocycles. The van der Waals surface area contributed by atoms with Crippen LogP contribution in [-0.4, -0.2) is 20.1 Å². The van der Waals surface area contributed by atoms with Crippen LogP contribution in [0.25, 0.3) is 33.2 Å². The van der Waals surface area contributed by atoms with E-state index in [2.05, 4.69) is 68.2 Å². The number of hydrogen-bond donors (Lipinski definition) is 0. The minimum absolute atomic E-state index is 0. The van der Waals surface area contributed by atoms with E-state index in [1.165, 1.54) is 16.7 Å². The Morgan fingerprint density at radius 3 is 2.27 bits per heavy atom. The standard InChI is InChI=1S/C21H13N2O.C14H14N.Ir/c1-2-6-16(7-3-1)22-12-13-23(15-22)17-10-11-19-18-8-4-5-9-20(18)24-21(19)14-17;1-10-4-6-13(7-5-10)14-8-11(2)12(3)9-15-14;/h1-9,11-14H;4-6,8-9H,1-3H3;/q+1;-1;. The summed E-state index contributed by atoms with van der Waals surface area (Å²) in [4.78, 5) is 4.41. The second kappa shape index (κ2) is 11.8. The second-order valence-electron chi connectivity index (χ2n) is 9.60. The maximum Gasteiger partial charge on any atom is 0.499 e. The predicted molar refractivity (Wildman–Crippen MR) is 156 cm³/mol. The molecule has 197 valence electrons. The Balaban J connectivity index is 0.000000175. The summed E-state index contributed by atoms with van der Waals surface area (Å²) in [5.74, 6) is 0. The molecule has 0 spiro atoms. The molecule has 5 heteroatoms. The molecule has 6 aromatic rings. The maximum absolute atomic E-state index is 5.95. The topological polar surface area (TPSA) is 32.0 Å². The van der Waals surface area contributed by atoms with E-state index in [1.807, 2.05) is 94.5 Å². The van der Waals surface area contributed by atoms with Crippen molar-refractivity contribution in [3.63, 3.8) is 0 Å². The average Bonchev–Trinajstić information content (AvgIpc) is 3.61. The van der Waals surface area contributed by atoms with E-state index in [0.717, 1.165) is 44.6 Å². The summed E-state index contributed by atoms with van der Waals surface area (Å²) < 4.78 is 9.82. The molecule has 0 bridgehead atoms. The molecule has 40 heavy (non-hydrogen) atoms. The summed E-state index contributed by atoms with van der Waals surface area (Å²) in [6.45, 7) is 6.24. The molecule has 4 nitrogen and oxygen atoms in total. The quantitative estimate of drug-likeness (QED) is 0.137. The molecule has 0 atom stereocenters. The molecule has 3 heterocycles. The Morgan fingerprint density at radius 1 is 0.725 bits per heavy atom. The van der Waals surface area contributed by atoms with E-state index in [0.29, 0.717) is 0 Å². The van der Waals surface area contributed by atoms with Crippen LogP contribution < -0.4 is 0 Å². The number of para-hydroxylation sites is 2. The maximum atomic E-state index is 5.95. The first-order chi connectivity index (χ1) is 19.0. The van der Waals surface area contributed by atoms with Crippen molar-refractivity contribution in [2.75, 3.05) is 0 Å². The summed E-state index contributed by atoms with van der Waals surface area (Å²) >= 11 is 0. The van der Waals surface area contributed by atoms with E-state index in [1.54, 1.807) is 0 Å². The molecule has 0 unspecified atom stereocenters. The minimum Gasteiger partial charge on any atom is -0.483 e. The normalized spacial score (nSPS) is 12.0. The number of pyridine rings is 1. The number of aryl methyl sites for hydroxylation is 3. The molecule has 4 aromatic carbocycles. The molecule has 2 aromatic heterocycles. The van der Waals surface area contributed by atoms with Crippen molar-refractivity contribution in [2.24, 2.45) is 0 Å². The van der Waals surface area contributed by atoms with Crippen LogP contribution >= 0.6 is 0 Å². The first kappa shape index (κ1) is 27.2. The van der Waals surface area contributed by atoms with Crippen LogP contribution in [0.3, 0.4) is 0 Å². The smallest absolute Gasteiger partial charge is 0.483 e. The predicted octanol–water partition coefficient (Wildman–Crippen LogP) is 8.50. The summed E-state index contributed by atoms with van der Waals surface area (Å²) in [5.41, 5.74) is 9.51. The van der Waals surface area contributed by atoms with Crippen molar-refractivity contribution in [3.8, 4) is 11.3 Å². The molecular weight excluding hydrogens is 671 g/mol. The van der Waals surface area contributed by atoms with Gasteiger partial charge in [0.25, 0.3) is 12.4 Å². The van der Waals surface area contributed by atoms with Crippen molar-refractivity contribution in [1.29, 1.82) is 0 Å². The second-order valence-corrected chi connectivity index (χ2v) is 9.60. The molecule has 7 rings (SSSR count). The van der Waals surface area contributed by atoms with Crippen molar-refractivity contribution >= 4 is 39.3 Å². The van der Waals surface area contributed by atoms with Crippen LogP contribution in [0.1, 0.15) is 16.7 Å². The zero-order valence-electron chi connectivity index (χ0n) is 22.5. The average molecular weight is 698 g/mol. The van der Waals surface area contributed by atoms with Crippen LogP contribution in [0.5, 0.6) is 0 Å². The first-order valence-corrected chi connectivity index (χ1v) is 12.9. The summed E-state index contributed by atoms with van der Waals surface area (Å²) in [6.07, 6.45) is 5.86. The Labute approximate surface area is 247 Å². The van der Waals surface area contributed by atoms with Gasteiger partial charge < -0.3 is 9.40 Å². The van der Waals surface area contributed by atoms with E-state index in [4.69, 9.17) is 4.42 Å². The van der Waals surface area contributed by atoms with E-state index in [-0.39, 0.29) is 20.1 Å². The van der Waals surface area contributed by atoms with Gasteiger partial charge in [-0.2, -0.15) is 6.07 Å². The molecule has 0 amide bonds. The SMILES string of the molecule is C1=[N+](c2[c-]cc3c(c2)oc2ccccc23)C=C[N+]=1c1ccccc1.Cc1c[c-]c(-c2cc(C)c(C)cn2)cc1.[Ir]. The third-order valence-electron chi connectivity index (χ3n) is 6.79. The molecular formula is C35H27IrN3O. The molecule has 0 saturated carbocycles. The number of rotatable bonds is 3. The Bertz CT molecular complexity index is 1910. The van der Waals surface area contributed by atoms with E-state index in [9.17, 15) is 0 Å². The zero-order chi connectivity index (χ0) is 26.8. The molecule has 0 saturated heterocycles. The van der Waals surface area contributed by atoms with Gasteiger partial charge in [0, 0.05) is 44.0 Å². The van der Waals surface area contributed by atoms with Crippen molar-refractivity contribution < 1.29 is 33.7 Å². The number of aromatic nitrogens is 1. The van der Waals surface area contributed by atoms with Crippen molar-refractivity contribution in [1.82, 2.24) is 4.98 Å². The van der Waals surface area contributed by atoms with Crippen LogP contribution in [-0.2, 0) is 20.1 Å². The van der Waals surface area contributed by atoms with Gasteiger partial charge >= 0.3 is 6.01 Å². The van der Waals surface area contributed by atoms with Crippen LogP contribution in [0.2, 0.25) is 0 Å². The molecule has 0 N–H and O–H groups in total. The van der Waals surface area contributed by atoms with Gasteiger partial charge in [0.05, 0.1) is 0 Å². The summed E-state index contributed by atoms with van der Waals surface area (Å²) in [6, 6.07) is 40.3. The Morgan fingerprint density at radius 2 is 1.50 bits per heavy atom. The number of benzene rings is 4. The first-order valence-electron chi connectivity index (χ1n) is 12.9. The van der Waals surface area contributed by atoms with E-state index < -0.39 is 0 Å². The van der Waals surface area contributed by atoms with Gasteiger partial charge in [-0.05, 0) is 36.6 Å². The van der Waals surface area contributed by atoms with Crippen molar-refractivity contribution in [2.45, 2.75) is 20.8 Å². The molecule has 1 radical (unpaired) electrons. The van der Waals surface area contributed by atoms with Gasteiger partial charge in [-0.1, -0.05) is 75.6 Å². The van der Waals surface area contributed by atoms with E-state index >= 15 is 0 Å². The Kier molecular flexibility index (Phi) is 8.00. The van der Waals surface area contributed by atoms with Gasteiger partial charge in [-0.15, -0.1) is 41.5 Å². The van der Waals surface area contributed by atoms with Gasteiger partial charge in [-0.25, -0.2) is 0 Å². The molecule has 0 fully saturated rings. The van der Waals surface area contributed by atoms with Crippen LogP contribution in [0, 0.1) is 32.9 Å². The fourth-order valence-corrected chi connectivity index (χ4v) is 4.41. The Hall–Kier alpha value is -4.40. The van der Waals surface area contributed by atoms with Gasteiger partial charge in [0.1, 0.15) is 11.3 Å². The van der Waals surface area contributed by atoms with Gasteiger partial charge in [-0.3, -0.25) is 0 Å². The molecule has 0 aliphatic carbocycles. The van der Waals surface area contributed by atoms with Crippen molar-refractivity contribution in [3.05, 3.63) is 138 Å². The molecule has 1 aliphatic rings. The number of fused-ring (bicyclic) bond motifs is 3. The monoisotopic (exact) mass is 698 g/mol. The fraction of sp³-hybridized carbons (Fsp3) is 0.0857. The van der Waals surface area contributed by atoms with Crippen LogP contribution in [0.4, 0.5) is 11.4 Å². The summed E-state index contributed by atoms with van der Waals surface area (Å²) in [7, 11) is 0. The van der Waals surface area contributed by atoms with Gasteiger partial charge in [0.2, 0.25) is 5.69 Å². The fourth-order valence-electron chi connectivity index (χ4n) is 4.41. The third kappa shape index (κ3) is 5.64. The third-order valence-corrected chi connectivity index (χ3v) is 6.79. The summed E-state index contributed by atoms with van der Waals surface area (Å²) in [5, 5.41) is 2.20.